The van der Waals surface area contributed by atoms with Crippen molar-refractivity contribution in [2.75, 3.05) is 31.6 Å². The number of hydrogen-bond donors (Lipinski definition) is 1. The van der Waals surface area contributed by atoms with Gasteiger partial charge in [0.15, 0.2) is 0 Å². The third kappa shape index (κ3) is 4.77. The minimum absolute atomic E-state index is 0.0468. The van der Waals surface area contributed by atoms with Crippen LogP contribution in [-0.4, -0.2) is 86.3 Å². The molecular weight excluding hydrogens is 602 g/mol. The maximum absolute atomic E-state index is 14.8. The molecule has 7 nitrogen and oxygen atoms in total. The Bertz CT molecular complexity index is 1160. The van der Waals surface area contributed by atoms with E-state index in [1.165, 1.54) is 0 Å². The highest BCUT2D eigenvalue weighted by molar-refractivity contribution is 9.09. The Morgan fingerprint density at radius 3 is 2.51 bits per heavy atom. The SMILES string of the molecule is C=CCN(C)C(=O)[C@H]1[C@H]2C(=O)N([C@@H](CO)C(C)C)C(C(=O)N(CC=C)c3c(C)cccc3Cl)C23CC(Br)[C@@H]1S3. The van der Waals surface area contributed by atoms with Crippen LogP contribution in [0.3, 0.4) is 0 Å². The van der Waals surface area contributed by atoms with E-state index in [9.17, 15) is 19.5 Å². The van der Waals surface area contributed by atoms with Gasteiger partial charge in [-0.05, 0) is 30.9 Å². The third-order valence-electron chi connectivity index (χ3n) is 8.38. The Balaban J connectivity index is 1.89. The molecule has 0 aliphatic carbocycles. The summed E-state index contributed by atoms with van der Waals surface area (Å²) in [4.78, 5) is 47.7. The summed E-state index contributed by atoms with van der Waals surface area (Å²) in [5.41, 5.74) is 1.40. The first-order chi connectivity index (χ1) is 18.5. The molecule has 7 atom stereocenters. The number of carbonyl (C=O) groups excluding carboxylic acids is 3. The summed E-state index contributed by atoms with van der Waals surface area (Å²) in [6.45, 7) is 13.7. The van der Waals surface area contributed by atoms with Gasteiger partial charge in [-0.3, -0.25) is 14.4 Å². The molecule has 10 heteroatoms. The molecule has 0 radical (unpaired) electrons. The van der Waals surface area contributed by atoms with Crippen molar-refractivity contribution in [3.63, 3.8) is 0 Å². The lowest BCUT2D eigenvalue weighted by Crippen LogP contribution is -2.59. The van der Waals surface area contributed by atoms with Gasteiger partial charge in [0.2, 0.25) is 11.8 Å². The van der Waals surface area contributed by atoms with E-state index in [0.29, 0.717) is 23.7 Å². The molecule has 3 unspecified atom stereocenters. The number of hydrogen-bond acceptors (Lipinski definition) is 5. The zero-order chi connectivity index (χ0) is 28.8. The number of likely N-dealkylation sites (N-methyl/N-ethyl adjacent to an activating group) is 1. The van der Waals surface area contributed by atoms with Crippen molar-refractivity contribution >= 4 is 62.7 Å². The fraction of sp³-hybridized carbons (Fsp3) is 0.552. The monoisotopic (exact) mass is 637 g/mol. The van der Waals surface area contributed by atoms with Crippen LogP contribution in [0.2, 0.25) is 5.02 Å². The number of alkyl halides is 1. The summed E-state index contributed by atoms with van der Waals surface area (Å²) >= 11 is 12.0. The van der Waals surface area contributed by atoms with Crippen LogP contribution in [0.15, 0.2) is 43.5 Å². The molecule has 3 aliphatic heterocycles. The minimum atomic E-state index is -0.886. The number of likely N-dealkylation sites (tertiary alicyclic amines) is 1. The normalized spacial score (nSPS) is 29.9. The van der Waals surface area contributed by atoms with Crippen molar-refractivity contribution in [1.29, 1.82) is 0 Å². The summed E-state index contributed by atoms with van der Waals surface area (Å²) in [6.07, 6.45) is 3.86. The second-order valence-electron chi connectivity index (χ2n) is 11.1. The number of rotatable bonds is 10. The Labute approximate surface area is 248 Å². The van der Waals surface area contributed by atoms with Gasteiger partial charge in [-0.25, -0.2) is 0 Å². The number of nitrogens with zero attached hydrogens (tertiary/aromatic N) is 3. The van der Waals surface area contributed by atoms with E-state index in [1.54, 1.807) is 51.7 Å². The summed E-state index contributed by atoms with van der Waals surface area (Å²) in [5.74, 6) is -2.02. The molecule has 212 valence electrons. The van der Waals surface area contributed by atoms with E-state index in [2.05, 4.69) is 29.1 Å². The highest BCUT2D eigenvalue weighted by Crippen LogP contribution is 2.68. The first kappa shape index (κ1) is 30.2. The van der Waals surface area contributed by atoms with Gasteiger partial charge >= 0.3 is 0 Å². The standard InChI is InChI=1S/C29H37BrClN3O4S/c1-7-12-32(6)26(36)21-22-27(37)34(20(15-35)16(3)4)25(29(22)14-18(30)24(21)39-29)28(38)33(13-8-2)23-17(5)10-9-11-19(23)31/h7-11,16,18,20-22,24-25,35H,1-2,12-15H2,3-6H3/t18?,20-,21-,22-,24-,25?,29?/m0/s1. The van der Waals surface area contributed by atoms with E-state index in [0.717, 1.165) is 5.56 Å². The summed E-state index contributed by atoms with van der Waals surface area (Å²) < 4.78 is -0.834. The van der Waals surface area contributed by atoms with E-state index >= 15 is 0 Å². The van der Waals surface area contributed by atoms with E-state index in [1.807, 2.05) is 32.9 Å². The summed E-state index contributed by atoms with van der Waals surface area (Å²) in [7, 11) is 1.72. The van der Waals surface area contributed by atoms with Gasteiger partial charge in [0.25, 0.3) is 5.91 Å². The number of thioether (sulfide) groups is 1. The number of anilines is 1. The largest absolute Gasteiger partial charge is 0.394 e. The molecule has 1 spiro atoms. The van der Waals surface area contributed by atoms with Crippen molar-refractivity contribution in [2.45, 2.75) is 54.1 Å². The van der Waals surface area contributed by atoms with Crippen molar-refractivity contribution in [1.82, 2.24) is 9.80 Å². The predicted octanol–water partition coefficient (Wildman–Crippen LogP) is 4.29. The number of halogens is 2. The number of para-hydroxylation sites is 1. The summed E-state index contributed by atoms with van der Waals surface area (Å²) in [5, 5.41) is 10.8. The number of amides is 3. The molecule has 3 amide bonds. The molecule has 1 aromatic carbocycles. The van der Waals surface area contributed by atoms with Crippen molar-refractivity contribution in [2.24, 2.45) is 17.8 Å². The average Bonchev–Trinajstić information content (AvgIpc) is 3.46. The van der Waals surface area contributed by atoms with Crippen LogP contribution >= 0.6 is 39.3 Å². The molecule has 3 heterocycles. The fourth-order valence-corrected chi connectivity index (χ4v) is 10.6. The topological polar surface area (TPSA) is 81.2 Å². The molecule has 3 saturated heterocycles. The van der Waals surface area contributed by atoms with Crippen LogP contribution in [0.1, 0.15) is 25.8 Å². The number of fused-ring (bicyclic) bond motifs is 1. The second kappa shape index (κ2) is 11.6. The van der Waals surface area contributed by atoms with Gasteiger partial charge in [0.05, 0.1) is 39.9 Å². The van der Waals surface area contributed by atoms with E-state index in [-0.39, 0.29) is 46.9 Å². The fourth-order valence-electron chi connectivity index (χ4n) is 6.68. The van der Waals surface area contributed by atoms with Crippen LogP contribution in [0.5, 0.6) is 0 Å². The van der Waals surface area contributed by atoms with Gasteiger partial charge in [0, 0.05) is 30.2 Å². The van der Waals surface area contributed by atoms with Crippen LogP contribution in [0, 0.1) is 24.7 Å². The maximum Gasteiger partial charge on any atom is 0.251 e. The van der Waals surface area contributed by atoms with E-state index < -0.39 is 28.7 Å². The van der Waals surface area contributed by atoms with Crippen LogP contribution < -0.4 is 4.90 Å². The zero-order valence-electron chi connectivity index (χ0n) is 22.8. The molecule has 1 N–H and O–H groups in total. The number of aryl methyl sites for hydroxylation is 1. The van der Waals surface area contributed by atoms with Crippen molar-refractivity contribution in [3.8, 4) is 0 Å². The molecule has 3 fully saturated rings. The van der Waals surface area contributed by atoms with Crippen molar-refractivity contribution in [3.05, 3.63) is 54.1 Å². The minimum Gasteiger partial charge on any atom is -0.394 e. The highest BCUT2D eigenvalue weighted by Gasteiger charge is 2.76. The Morgan fingerprint density at radius 2 is 1.95 bits per heavy atom. The molecular formula is C29H37BrClN3O4S. The van der Waals surface area contributed by atoms with Gasteiger partial charge < -0.3 is 19.8 Å². The molecule has 1 aromatic rings. The lowest BCUT2D eigenvalue weighted by atomic mass is 9.70. The molecule has 0 aromatic heterocycles. The van der Waals surface area contributed by atoms with Gasteiger partial charge in [-0.1, -0.05) is 65.7 Å². The number of carbonyl (C=O) groups is 3. The van der Waals surface area contributed by atoms with Gasteiger partial charge in [0.1, 0.15) is 6.04 Å². The molecule has 0 saturated carbocycles. The van der Waals surface area contributed by atoms with Crippen LogP contribution in [0.4, 0.5) is 5.69 Å². The Morgan fingerprint density at radius 1 is 1.28 bits per heavy atom. The quantitative estimate of drug-likeness (QED) is 0.306. The van der Waals surface area contributed by atoms with E-state index in [4.69, 9.17) is 11.6 Å². The molecule has 4 rings (SSSR count). The van der Waals surface area contributed by atoms with Crippen molar-refractivity contribution < 1.29 is 19.5 Å². The van der Waals surface area contributed by atoms with Gasteiger partial charge in [-0.2, -0.15) is 0 Å². The molecule has 39 heavy (non-hydrogen) atoms. The highest BCUT2D eigenvalue weighted by atomic mass is 79.9. The number of aliphatic hydroxyl groups is 1. The first-order valence-electron chi connectivity index (χ1n) is 13.2. The third-order valence-corrected chi connectivity index (χ3v) is 11.9. The Kier molecular flexibility index (Phi) is 8.96. The second-order valence-corrected chi connectivity index (χ2v) is 14.2. The molecule has 2 bridgehead atoms. The predicted molar refractivity (Wildman–Crippen MR) is 161 cm³/mol. The lowest BCUT2D eigenvalue weighted by molar-refractivity contribution is -0.145. The average molecular weight is 639 g/mol. The number of benzene rings is 1. The maximum atomic E-state index is 14.8. The Hall–Kier alpha value is -1.81. The van der Waals surface area contributed by atoms with Crippen LogP contribution in [0.25, 0.3) is 0 Å². The smallest absolute Gasteiger partial charge is 0.251 e. The summed E-state index contributed by atoms with van der Waals surface area (Å²) in [6, 6.07) is 3.99. The number of aliphatic hydroxyl groups excluding tert-OH is 1. The first-order valence-corrected chi connectivity index (χ1v) is 15.4. The zero-order valence-corrected chi connectivity index (χ0v) is 26.0. The lowest BCUT2D eigenvalue weighted by Gasteiger charge is -2.41. The molecule has 3 aliphatic rings. The van der Waals surface area contributed by atoms with Gasteiger partial charge in [-0.15, -0.1) is 24.9 Å². The van der Waals surface area contributed by atoms with Crippen LogP contribution in [-0.2, 0) is 14.4 Å².